The van der Waals surface area contributed by atoms with Crippen molar-refractivity contribution >= 4 is 93.6 Å². The van der Waals surface area contributed by atoms with Gasteiger partial charge in [0, 0.05) is 111 Å². The Hall–Kier alpha value is 3.62. The normalized spacial score (nSPS) is 0. The van der Waals surface area contributed by atoms with E-state index in [-0.39, 0.29) is 111 Å². The zero-order chi connectivity index (χ0) is 0. The van der Waals surface area contributed by atoms with Crippen LogP contribution in [0.5, 0.6) is 0 Å². The Labute approximate surface area is 108 Å². The van der Waals surface area contributed by atoms with Crippen LogP contribution in [0.2, 0.25) is 0 Å². The fraction of sp³-hybridized carbons (Fsp3) is 0. The van der Waals surface area contributed by atoms with E-state index in [0.717, 1.165) is 0 Å². The molecule has 0 amide bonds. The first-order chi connectivity index (χ1) is 0. The SMILES string of the molecule is [As].[Cu].[Pb].[Sb].[Sn]. The van der Waals surface area contributed by atoms with E-state index in [0.29, 0.717) is 0 Å². The van der Waals surface area contributed by atoms with Crippen molar-refractivity contribution in [1.82, 2.24) is 0 Å². The van der Waals surface area contributed by atoms with Gasteiger partial charge in [-0.25, -0.2) is 0 Å². The third kappa shape index (κ3) is 18.4. The molecule has 0 spiro atoms. The van der Waals surface area contributed by atoms with Gasteiger partial charge < -0.3 is 0 Å². The summed E-state index contributed by atoms with van der Waals surface area (Å²) in [5, 5.41) is 0. The Kier molecular flexibility index (Phi) is 195. The summed E-state index contributed by atoms with van der Waals surface area (Å²) in [5.41, 5.74) is 0. The summed E-state index contributed by atoms with van der Waals surface area (Å²) in [5.74, 6) is 0. The van der Waals surface area contributed by atoms with Crippen LogP contribution in [0.15, 0.2) is 0 Å². The minimum Gasteiger partial charge on any atom is 0 e. The van der Waals surface area contributed by atoms with Crippen molar-refractivity contribution in [3.8, 4) is 0 Å². The Balaban J connectivity index is 0. The number of hydrogen-bond donors (Lipinski definition) is 0. The van der Waals surface area contributed by atoms with Crippen LogP contribution in [0.1, 0.15) is 0 Å². The molecule has 0 nitrogen and oxygen atoms in total. The molecule has 5 heteroatoms. The van der Waals surface area contributed by atoms with E-state index in [1.54, 1.807) is 0 Å². The maximum absolute atomic E-state index is 0. The molecule has 15 radical (unpaired) electrons. The van der Waals surface area contributed by atoms with Crippen LogP contribution in [0, 0.1) is 0 Å². The molecule has 0 N–H and O–H groups in total. The second-order valence-corrected chi connectivity index (χ2v) is 0. The standard InChI is InChI=1S/As.Cu.Pb.Sb.Sn. The molecular weight excluding hydrogens is 586 g/mol. The van der Waals surface area contributed by atoms with E-state index in [9.17, 15) is 0 Å². The molecule has 0 unspecified atom stereocenters. The van der Waals surface area contributed by atoms with Crippen molar-refractivity contribution in [3.05, 3.63) is 0 Å². The van der Waals surface area contributed by atoms with Gasteiger partial charge in [-0.1, -0.05) is 0 Å². The number of hydrogen-bond acceptors (Lipinski definition) is 0. The minimum atomic E-state index is 0. The van der Waals surface area contributed by atoms with E-state index < -0.39 is 0 Å². The molecule has 0 aromatic heterocycles. The van der Waals surface area contributed by atoms with Crippen LogP contribution < -0.4 is 0 Å². The summed E-state index contributed by atoms with van der Waals surface area (Å²) in [7, 11) is 0. The van der Waals surface area contributed by atoms with Gasteiger partial charge in [0.25, 0.3) is 0 Å². The molecule has 0 rings (SSSR count). The molecule has 5 heavy (non-hydrogen) atoms. The molecule has 0 heterocycles. The first kappa shape index (κ1) is 38.2. The van der Waals surface area contributed by atoms with Gasteiger partial charge >= 0.3 is 0 Å². The molecule has 0 aromatic carbocycles. The average Bonchev–Trinajstić information content (AvgIpc) is 0. The van der Waals surface area contributed by atoms with Gasteiger partial charge in [0.15, 0.2) is 0 Å². The molecule has 0 saturated heterocycles. The fourth-order valence-corrected chi connectivity index (χ4v) is 0. The summed E-state index contributed by atoms with van der Waals surface area (Å²) >= 11 is 0. The average molecular weight is 586 g/mol. The monoisotopic (exact) mass is 587 g/mol. The Morgan fingerprint density at radius 1 is 1.00 bits per heavy atom. The molecule has 0 fully saturated rings. The smallest absolute Gasteiger partial charge is 0 e. The molecule has 0 aliphatic rings. The van der Waals surface area contributed by atoms with Crippen LogP contribution in [0.25, 0.3) is 0 Å². The van der Waals surface area contributed by atoms with Gasteiger partial charge in [-0.3, -0.25) is 0 Å². The van der Waals surface area contributed by atoms with Crippen LogP contribution in [0.4, 0.5) is 0 Å². The Morgan fingerprint density at radius 3 is 1.00 bits per heavy atom. The molecule has 0 bridgehead atoms. The second-order valence-electron chi connectivity index (χ2n) is 0. The van der Waals surface area contributed by atoms with Gasteiger partial charge in [-0.15, -0.1) is 0 Å². The van der Waals surface area contributed by atoms with Gasteiger partial charge in [0.1, 0.15) is 0 Å². The maximum atomic E-state index is 0. The molecule has 0 saturated carbocycles. The van der Waals surface area contributed by atoms with Gasteiger partial charge in [0.05, 0.1) is 0 Å². The van der Waals surface area contributed by atoms with Gasteiger partial charge in [-0.05, 0) is 0 Å². The first-order valence-corrected chi connectivity index (χ1v) is 0. The summed E-state index contributed by atoms with van der Waals surface area (Å²) in [6.45, 7) is 0. The van der Waals surface area contributed by atoms with Crippen molar-refractivity contribution in [2.75, 3.05) is 0 Å². The maximum Gasteiger partial charge on any atom is 0 e. The fourth-order valence-electron chi connectivity index (χ4n) is 0. The van der Waals surface area contributed by atoms with E-state index in [1.165, 1.54) is 0 Å². The zero-order valence-electron chi connectivity index (χ0n) is 2.20. The predicted octanol–water partition coefficient (Wildman–Crippen LogP) is -1.53. The molecular formula is AsCuPbSbSn. The minimum absolute atomic E-state index is 0. The predicted molar refractivity (Wildman–Crippen MR) is 23.0 cm³/mol. The topological polar surface area (TPSA) is 0 Å². The summed E-state index contributed by atoms with van der Waals surface area (Å²) in [6.07, 6.45) is 0. The van der Waals surface area contributed by atoms with Crippen molar-refractivity contribution in [2.24, 2.45) is 0 Å². The van der Waals surface area contributed by atoms with Crippen molar-refractivity contribution in [1.29, 1.82) is 0 Å². The molecule has 0 aromatic rings. The summed E-state index contributed by atoms with van der Waals surface area (Å²) in [4.78, 5) is 0. The molecule has 0 aliphatic heterocycles. The Bertz CT molecular complexity index is 11.6. The van der Waals surface area contributed by atoms with Crippen molar-refractivity contribution in [2.45, 2.75) is 0 Å². The van der Waals surface area contributed by atoms with Crippen molar-refractivity contribution < 1.29 is 17.1 Å². The van der Waals surface area contributed by atoms with Crippen LogP contribution in [-0.4, -0.2) is 93.6 Å². The third-order valence-corrected chi connectivity index (χ3v) is 0. The summed E-state index contributed by atoms with van der Waals surface area (Å²) in [6, 6.07) is 0. The quantitative estimate of drug-likeness (QED) is 0.303. The van der Waals surface area contributed by atoms with Gasteiger partial charge in [0.2, 0.25) is 0 Å². The molecule has 0 aliphatic carbocycles. The zero-order valence-corrected chi connectivity index (χ0v) is 14.3. The van der Waals surface area contributed by atoms with Crippen molar-refractivity contribution in [3.63, 3.8) is 0 Å². The summed E-state index contributed by atoms with van der Waals surface area (Å²) < 4.78 is 0. The van der Waals surface area contributed by atoms with E-state index in [4.69, 9.17) is 0 Å². The molecule has 29 valence electrons. The van der Waals surface area contributed by atoms with E-state index in [1.807, 2.05) is 0 Å². The van der Waals surface area contributed by atoms with Crippen LogP contribution in [0.3, 0.4) is 0 Å². The Morgan fingerprint density at radius 2 is 1.00 bits per heavy atom. The van der Waals surface area contributed by atoms with E-state index in [2.05, 4.69) is 0 Å². The van der Waals surface area contributed by atoms with E-state index >= 15 is 0 Å². The largest absolute Gasteiger partial charge is 0 e. The second kappa shape index (κ2) is 25.5. The number of rotatable bonds is 0. The molecule has 0 atom stereocenters. The van der Waals surface area contributed by atoms with Crippen LogP contribution in [-0.2, 0) is 17.1 Å². The third-order valence-electron chi connectivity index (χ3n) is 0. The van der Waals surface area contributed by atoms with Crippen LogP contribution >= 0.6 is 0 Å². The first-order valence-electron chi connectivity index (χ1n) is 0. The van der Waals surface area contributed by atoms with Gasteiger partial charge in [-0.2, -0.15) is 0 Å².